The number of rotatable bonds is 3. The number of nitrogens with zero attached hydrogens (tertiary/aromatic N) is 3. The highest BCUT2D eigenvalue weighted by atomic mass is 79.9. The van der Waals surface area contributed by atoms with Crippen molar-refractivity contribution >= 4 is 27.8 Å². The normalized spacial score (nSPS) is 10.6. The lowest BCUT2D eigenvalue weighted by Gasteiger charge is -2.00. The Balaban J connectivity index is 2.11. The van der Waals surface area contributed by atoms with Gasteiger partial charge in [-0.05, 0) is 33.6 Å². The molecule has 0 saturated carbocycles. The predicted molar refractivity (Wildman–Crippen MR) is 68.0 cm³/mol. The third-order valence-corrected chi connectivity index (χ3v) is 2.69. The first-order valence-corrected chi connectivity index (χ1v) is 5.49. The fraction of sp³-hybridized carbons (Fsp3) is 0. The van der Waals surface area contributed by atoms with Crippen molar-refractivity contribution in [2.75, 3.05) is 5.43 Å². The number of nitrogens with one attached hydrogen (secondary N) is 2. The highest BCUT2D eigenvalue weighted by Crippen LogP contribution is 2.14. The van der Waals surface area contributed by atoms with Gasteiger partial charge >= 0.3 is 0 Å². The molecule has 0 unspecified atom stereocenters. The van der Waals surface area contributed by atoms with Gasteiger partial charge in [-0.15, -0.1) is 0 Å². The van der Waals surface area contributed by atoms with E-state index in [4.69, 9.17) is 0 Å². The van der Waals surface area contributed by atoms with Crippen LogP contribution in [-0.4, -0.2) is 21.4 Å². The van der Waals surface area contributed by atoms with E-state index < -0.39 is 0 Å². The summed E-state index contributed by atoms with van der Waals surface area (Å²) >= 11 is 3.14. The van der Waals surface area contributed by atoms with Crippen LogP contribution in [0.5, 0.6) is 0 Å². The molecule has 0 atom stereocenters. The first kappa shape index (κ1) is 11.5. The zero-order valence-electron chi connectivity index (χ0n) is 8.59. The lowest BCUT2D eigenvalue weighted by Crippen LogP contribution is -2.10. The summed E-state index contributed by atoms with van der Waals surface area (Å²) in [5.41, 5.74) is 3.81. The van der Waals surface area contributed by atoms with E-state index in [2.05, 4.69) is 41.6 Å². The lowest BCUT2D eigenvalue weighted by atomic mass is 10.3. The highest BCUT2D eigenvalue weighted by Gasteiger charge is 2.01. The standard InChI is InChI=1S/C10H8BrN5O/c11-9-8(6-14-16-10(9)17)15-13-5-7-1-3-12-4-2-7/h1-6H,(H2,15,16,17)/b13-5+. The second-order valence-corrected chi connectivity index (χ2v) is 3.87. The molecule has 0 aliphatic heterocycles. The number of aromatic amines is 1. The van der Waals surface area contributed by atoms with Crippen molar-refractivity contribution in [1.82, 2.24) is 15.2 Å². The molecule has 0 spiro atoms. The summed E-state index contributed by atoms with van der Waals surface area (Å²) < 4.78 is 0.361. The van der Waals surface area contributed by atoms with Crippen LogP contribution in [0, 0.1) is 0 Å². The van der Waals surface area contributed by atoms with E-state index in [0.717, 1.165) is 5.56 Å². The summed E-state index contributed by atoms with van der Waals surface area (Å²) in [5.74, 6) is 0. The Hall–Kier alpha value is -2.02. The topological polar surface area (TPSA) is 83.0 Å². The minimum absolute atomic E-state index is 0.311. The lowest BCUT2D eigenvalue weighted by molar-refractivity contribution is 0.977. The Kier molecular flexibility index (Phi) is 3.61. The highest BCUT2D eigenvalue weighted by molar-refractivity contribution is 9.10. The zero-order valence-corrected chi connectivity index (χ0v) is 10.2. The van der Waals surface area contributed by atoms with E-state index in [1.165, 1.54) is 6.20 Å². The molecule has 17 heavy (non-hydrogen) atoms. The number of pyridine rings is 1. The van der Waals surface area contributed by atoms with Gasteiger partial charge in [-0.3, -0.25) is 15.2 Å². The minimum atomic E-state index is -0.311. The number of aromatic nitrogens is 3. The van der Waals surface area contributed by atoms with E-state index in [0.29, 0.717) is 10.2 Å². The van der Waals surface area contributed by atoms with Gasteiger partial charge in [0.15, 0.2) is 0 Å². The number of hydrogen-bond donors (Lipinski definition) is 2. The number of hydrogen-bond acceptors (Lipinski definition) is 5. The Labute approximate surface area is 105 Å². The summed E-state index contributed by atoms with van der Waals surface area (Å²) in [4.78, 5) is 15.1. The third kappa shape index (κ3) is 2.97. The Bertz CT molecular complexity index is 581. The maximum atomic E-state index is 11.2. The summed E-state index contributed by atoms with van der Waals surface area (Å²) in [6.07, 6.45) is 6.43. The van der Waals surface area contributed by atoms with Crippen LogP contribution >= 0.6 is 15.9 Å². The summed E-state index contributed by atoms with van der Waals surface area (Å²) in [6, 6.07) is 3.63. The first-order chi connectivity index (χ1) is 8.27. The molecule has 6 nitrogen and oxygen atoms in total. The fourth-order valence-corrected chi connectivity index (χ4v) is 1.37. The van der Waals surface area contributed by atoms with Crippen LogP contribution in [0.3, 0.4) is 0 Å². The van der Waals surface area contributed by atoms with Gasteiger partial charge in [0.2, 0.25) is 0 Å². The number of H-pyrrole nitrogens is 1. The molecule has 2 N–H and O–H groups in total. The molecule has 2 aromatic rings. The van der Waals surface area contributed by atoms with E-state index >= 15 is 0 Å². The monoisotopic (exact) mass is 293 g/mol. The van der Waals surface area contributed by atoms with Crippen LogP contribution in [0.4, 0.5) is 5.69 Å². The zero-order chi connectivity index (χ0) is 12.1. The van der Waals surface area contributed by atoms with Crippen molar-refractivity contribution < 1.29 is 0 Å². The van der Waals surface area contributed by atoms with Crippen molar-refractivity contribution in [3.8, 4) is 0 Å². The van der Waals surface area contributed by atoms with Crippen LogP contribution in [0.2, 0.25) is 0 Å². The maximum absolute atomic E-state index is 11.2. The van der Waals surface area contributed by atoms with Gasteiger partial charge in [0.25, 0.3) is 5.56 Å². The van der Waals surface area contributed by atoms with Crippen LogP contribution < -0.4 is 11.0 Å². The molecular formula is C10H8BrN5O. The van der Waals surface area contributed by atoms with Crippen molar-refractivity contribution in [3.05, 3.63) is 51.1 Å². The van der Waals surface area contributed by atoms with Crippen molar-refractivity contribution in [2.45, 2.75) is 0 Å². The van der Waals surface area contributed by atoms with Gasteiger partial charge < -0.3 is 0 Å². The molecule has 0 radical (unpaired) electrons. The molecule has 0 saturated heterocycles. The van der Waals surface area contributed by atoms with Crippen LogP contribution in [-0.2, 0) is 0 Å². The molecule has 0 aliphatic carbocycles. The van der Waals surface area contributed by atoms with Crippen LogP contribution in [0.15, 0.2) is 45.1 Å². The molecule has 2 aromatic heterocycles. The second kappa shape index (κ2) is 5.35. The molecule has 2 rings (SSSR count). The average molecular weight is 294 g/mol. The minimum Gasteiger partial charge on any atom is -0.275 e. The average Bonchev–Trinajstić information content (AvgIpc) is 2.36. The van der Waals surface area contributed by atoms with Gasteiger partial charge in [-0.1, -0.05) is 0 Å². The van der Waals surface area contributed by atoms with Gasteiger partial charge in [0.1, 0.15) is 4.47 Å². The summed E-state index contributed by atoms with van der Waals surface area (Å²) in [6.45, 7) is 0. The summed E-state index contributed by atoms with van der Waals surface area (Å²) in [7, 11) is 0. The van der Waals surface area contributed by atoms with Gasteiger partial charge in [-0.2, -0.15) is 10.2 Å². The third-order valence-electron chi connectivity index (χ3n) is 1.90. The molecule has 0 aliphatic rings. The Morgan fingerprint density at radius 1 is 1.41 bits per heavy atom. The molecule has 0 aromatic carbocycles. The predicted octanol–water partition coefficient (Wildman–Crippen LogP) is 1.37. The molecule has 2 heterocycles. The van der Waals surface area contributed by atoms with Crippen molar-refractivity contribution in [1.29, 1.82) is 0 Å². The van der Waals surface area contributed by atoms with Gasteiger partial charge in [0, 0.05) is 12.4 Å². The Morgan fingerprint density at radius 3 is 2.94 bits per heavy atom. The second-order valence-electron chi connectivity index (χ2n) is 3.08. The van der Waals surface area contributed by atoms with E-state index in [-0.39, 0.29) is 5.56 Å². The largest absolute Gasteiger partial charge is 0.280 e. The summed E-state index contributed by atoms with van der Waals surface area (Å²) in [5, 5.41) is 9.94. The van der Waals surface area contributed by atoms with Gasteiger partial charge in [0.05, 0.1) is 18.1 Å². The fourth-order valence-electron chi connectivity index (χ4n) is 1.09. The van der Waals surface area contributed by atoms with E-state index in [1.54, 1.807) is 18.6 Å². The van der Waals surface area contributed by atoms with Gasteiger partial charge in [-0.25, -0.2) is 5.10 Å². The molecule has 0 bridgehead atoms. The smallest absolute Gasteiger partial charge is 0.275 e. The van der Waals surface area contributed by atoms with E-state index in [1.807, 2.05) is 12.1 Å². The molecule has 0 fully saturated rings. The van der Waals surface area contributed by atoms with Crippen molar-refractivity contribution in [3.63, 3.8) is 0 Å². The molecular weight excluding hydrogens is 286 g/mol. The number of anilines is 1. The SMILES string of the molecule is O=c1[nH]ncc(N/N=C/c2ccncc2)c1Br. The quantitative estimate of drug-likeness (QED) is 0.661. The Morgan fingerprint density at radius 2 is 2.18 bits per heavy atom. The van der Waals surface area contributed by atoms with Crippen LogP contribution in [0.25, 0.3) is 0 Å². The molecule has 86 valence electrons. The van der Waals surface area contributed by atoms with Crippen molar-refractivity contribution in [2.24, 2.45) is 5.10 Å². The molecule has 0 amide bonds. The van der Waals surface area contributed by atoms with Crippen LogP contribution in [0.1, 0.15) is 5.56 Å². The number of hydrazone groups is 1. The van der Waals surface area contributed by atoms with E-state index in [9.17, 15) is 4.79 Å². The first-order valence-electron chi connectivity index (χ1n) is 4.69. The number of halogens is 1. The molecule has 7 heteroatoms. The maximum Gasteiger partial charge on any atom is 0.280 e.